The van der Waals surface area contributed by atoms with Gasteiger partial charge in [0.15, 0.2) is 17.2 Å². The lowest BCUT2D eigenvalue weighted by Gasteiger charge is -2.34. The highest BCUT2D eigenvalue weighted by Gasteiger charge is 2.26. The van der Waals surface area contributed by atoms with Crippen LogP contribution in [0.5, 0.6) is 0 Å². The lowest BCUT2D eigenvalue weighted by atomic mass is 10.3. The fourth-order valence-electron chi connectivity index (χ4n) is 3.03. The van der Waals surface area contributed by atoms with E-state index in [2.05, 4.69) is 9.97 Å². The molecule has 1 aliphatic heterocycles. The minimum absolute atomic E-state index is 0.131. The number of hydrogen-bond donors (Lipinski definition) is 0. The quantitative estimate of drug-likeness (QED) is 0.689. The Bertz CT molecular complexity index is 972. The molecule has 0 N–H and O–H groups in total. The molecule has 1 fully saturated rings. The highest BCUT2D eigenvalue weighted by molar-refractivity contribution is 5.91. The monoisotopic (exact) mass is 339 g/mol. The van der Waals surface area contributed by atoms with Crippen molar-refractivity contribution in [1.29, 1.82) is 0 Å². The molecule has 3 aromatic rings. The van der Waals surface area contributed by atoms with Crippen molar-refractivity contribution in [2.45, 2.75) is 0 Å². The smallest absolute Gasteiger partial charge is 0.294 e. The van der Waals surface area contributed by atoms with Crippen LogP contribution in [0.4, 0.5) is 5.82 Å². The number of nitrogens with zero attached hydrogens (tertiary/aromatic N) is 5. The van der Waals surface area contributed by atoms with Crippen molar-refractivity contribution in [1.82, 2.24) is 19.4 Å². The second-order valence-corrected chi connectivity index (χ2v) is 5.90. The van der Waals surface area contributed by atoms with Gasteiger partial charge in [0.2, 0.25) is 0 Å². The molecule has 1 saturated heterocycles. The van der Waals surface area contributed by atoms with E-state index in [9.17, 15) is 9.59 Å². The number of rotatable bonds is 2. The minimum atomic E-state index is -0.183. The molecule has 1 aliphatic rings. The maximum atomic E-state index is 12.6. The molecule has 0 spiro atoms. The molecule has 0 radical (unpaired) electrons. The summed E-state index contributed by atoms with van der Waals surface area (Å²) in [6.45, 7) is 2.10. The average molecular weight is 339 g/mol. The van der Waals surface area contributed by atoms with Gasteiger partial charge in [0.25, 0.3) is 11.5 Å². The maximum Gasteiger partial charge on any atom is 0.294 e. The van der Waals surface area contributed by atoms with E-state index in [0.29, 0.717) is 48.9 Å². The third-order valence-electron chi connectivity index (χ3n) is 4.40. The molecule has 0 bridgehead atoms. The number of aromatic nitrogens is 3. The first-order chi connectivity index (χ1) is 12.1. The summed E-state index contributed by atoms with van der Waals surface area (Å²) >= 11 is 0. The van der Waals surface area contributed by atoms with Crippen LogP contribution in [0.2, 0.25) is 0 Å². The summed E-state index contributed by atoms with van der Waals surface area (Å²) in [5.41, 5.74) is 1.05. The summed E-state index contributed by atoms with van der Waals surface area (Å²) in [7, 11) is 1.69. The van der Waals surface area contributed by atoms with E-state index in [4.69, 9.17) is 4.42 Å². The van der Waals surface area contributed by atoms with Crippen molar-refractivity contribution in [3.05, 3.63) is 52.8 Å². The van der Waals surface area contributed by atoms with Gasteiger partial charge in [-0.1, -0.05) is 0 Å². The van der Waals surface area contributed by atoms with E-state index < -0.39 is 0 Å². The van der Waals surface area contributed by atoms with Crippen molar-refractivity contribution in [3.8, 4) is 0 Å². The van der Waals surface area contributed by atoms with E-state index in [0.717, 1.165) is 0 Å². The van der Waals surface area contributed by atoms with Gasteiger partial charge in [-0.2, -0.15) is 0 Å². The van der Waals surface area contributed by atoms with E-state index in [1.54, 1.807) is 36.3 Å². The van der Waals surface area contributed by atoms with Crippen LogP contribution in [0.3, 0.4) is 0 Å². The van der Waals surface area contributed by atoms with Gasteiger partial charge in [-0.25, -0.2) is 9.97 Å². The summed E-state index contributed by atoms with van der Waals surface area (Å²) < 4.78 is 6.68. The second kappa shape index (κ2) is 6.04. The van der Waals surface area contributed by atoms with Gasteiger partial charge >= 0.3 is 0 Å². The standard InChI is InChI=1S/C17H17N5O3/c1-20-14-12(4-2-6-18-14)19-15(17(20)24)21-7-9-22(10-8-21)16(23)13-5-3-11-25-13/h2-6,11H,7-10H2,1H3. The zero-order valence-corrected chi connectivity index (χ0v) is 13.8. The number of piperazine rings is 1. The maximum absolute atomic E-state index is 12.6. The lowest BCUT2D eigenvalue weighted by molar-refractivity contribution is 0.0714. The van der Waals surface area contributed by atoms with Crippen LogP contribution in [-0.4, -0.2) is 51.5 Å². The SMILES string of the molecule is Cn1c(=O)c(N2CCN(C(=O)c3ccco3)CC2)nc2cccnc21. The largest absolute Gasteiger partial charge is 0.459 e. The summed E-state index contributed by atoms with van der Waals surface area (Å²) in [6, 6.07) is 6.98. The second-order valence-electron chi connectivity index (χ2n) is 5.90. The molecule has 0 atom stereocenters. The van der Waals surface area contributed by atoms with E-state index >= 15 is 0 Å². The van der Waals surface area contributed by atoms with Gasteiger partial charge in [-0.3, -0.25) is 14.2 Å². The number of anilines is 1. The van der Waals surface area contributed by atoms with Gasteiger partial charge in [0.05, 0.1) is 6.26 Å². The summed E-state index contributed by atoms with van der Waals surface area (Å²) in [6.07, 6.45) is 3.13. The summed E-state index contributed by atoms with van der Waals surface area (Å²) in [5, 5.41) is 0. The Morgan fingerprint density at radius 1 is 1.16 bits per heavy atom. The van der Waals surface area contributed by atoms with Gasteiger partial charge in [-0.15, -0.1) is 0 Å². The van der Waals surface area contributed by atoms with Crippen LogP contribution in [0, 0.1) is 0 Å². The Morgan fingerprint density at radius 3 is 2.68 bits per heavy atom. The molecule has 1 amide bonds. The topological polar surface area (TPSA) is 84.5 Å². The van der Waals surface area contributed by atoms with Gasteiger partial charge in [0.1, 0.15) is 5.52 Å². The lowest BCUT2D eigenvalue weighted by Crippen LogP contribution is -2.50. The molecule has 25 heavy (non-hydrogen) atoms. The molecule has 8 heteroatoms. The molecular weight excluding hydrogens is 322 g/mol. The first-order valence-electron chi connectivity index (χ1n) is 8.04. The van der Waals surface area contributed by atoms with Crippen LogP contribution in [0.25, 0.3) is 11.2 Å². The Kier molecular flexibility index (Phi) is 3.72. The molecule has 0 unspecified atom stereocenters. The number of carbonyl (C=O) groups excluding carboxylic acids is 1. The third kappa shape index (κ3) is 2.65. The highest BCUT2D eigenvalue weighted by atomic mass is 16.3. The fourth-order valence-corrected chi connectivity index (χ4v) is 3.03. The molecule has 8 nitrogen and oxygen atoms in total. The van der Waals surface area contributed by atoms with E-state index in [1.807, 2.05) is 11.0 Å². The molecule has 4 rings (SSSR count). The molecule has 3 aromatic heterocycles. The normalized spacial score (nSPS) is 14.9. The number of furan rings is 1. The third-order valence-corrected chi connectivity index (χ3v) is 4.40. The predicted octanol–water partition coefficient (Wildman–Crippen LogP) is 0.884. The van der Waals surface area contributed by atoms with Crippen molar-refractivity contribution < 1.29 is 9.21 Å². The minimum Gasteiger partial charge on any atom is -0.459 e. The highest BCUT2D eigenvalue weighted by Crippen LogP contribution is 2.15. The van der Waals surface area contributed by atoms with Gasteiger partial charge < -0.3 is 14.2 Å². The van der Waals surface area contributed by atoms with Crippen LogP contribution in [0.1, 0.15) is 10.6 Å². The number of pyridine rings is 1. The van der Waals surface area contributed by atoms with Crippen LogP contribution in [0.15, 0.2) is 45.9 Å². The number of amides is 1. The Morgan fingerprint density at radius 2 is 1.96 bits per heavy atom. The van der Waals surface area contributed by atoms with E-state index in [-0.39, 0.29) is 11.5 Å². The zero-order valence-electron chi connectivity index (χ0n) is 13.8. The van der Waals surface area contributed by atoms with Crippen molar-refractivity contribution in [2.75, 3.05) is 31.1 Å². The number of fused-ring (bicyclic) bond motifs is 1. The molecule has 0 saturated carbocycles. The van der Waals surface area contributed by atoms with Crippen molar-refractivity contribution in [3.63, 3.8) is 0 Å². The average Bonchev–Trinajstić information content (AvgIpc) is 3.19. The first-order valence-corrected chi connectivity index (χ1v) is 8.04. The Hall–Kier alpha value is -3.16. The Balaban J connectivity index is 1.57. The number of carbonyl (C=O) groups is 1. The number of hydrogen-bond acceptors (Lipinski definition) is 6. The summed E-state index contributed by atoms with van der Waals surface area (Å²) in [4.78, 5) is 37.3. The molecule has 128 valence electrons. The van der Waals surface area contributed by atoms with Crippen LogP contribution >= 0.6 is 0 Å². The van der Waals surface area contributed by atoms with Gasteiger partial charge in [0, 0.05) is 39.4 Å². The van der Waals surface area contributed by atoms with Crippen molar-refractivity contribution in [2.24, 2.45) is 7.05 Å². The molecule has 0 aromatic carbocycles. The molecule has 4 heterocycles. The number of aryl methyl sites for hydroxylation is 1. The van der Waals surface area contributed by atoms with Gasteiger partial charge in [-0.05, 0) is 24.3 Å². The van der Waals surface area contributed by atoms with E-state index in [1.165, 1.54) is 10.8 Å². The first kappa shape index (κ1) is 15.4. The van der Waals surface area contributed by atoms with Crippen LogP contribution in [-0.2, 0) is 7.05 Å². The molecule has 0 aliphatic carbocycles. The zero-order chi connectivity index (χ0) is 17.4. The Labute approximate surface area is 143 Å². The fraction of sp³-hybridized carbons (Fsp3) is 0.294. The molecular formula is C17H17N5O3. The summed E-state index contributed by atoms with van der Waals surface area (Å²) in [5.74, 6) is 0.598. The van der Waals surface area contributed by atoms with Crippen LogP contribution < -0.4 is 10.5 Å². The van der Waals surface area contributed by atoms with Crippen molar-refractivity contribution >= 4 is 22.9 Å². The predicted molar refractivity (Wildman–Crippen MR) is 91.6 cm³/mol.